The molecule has 0 saturated heterocycles. The van der Waals surface area contributed by atoms with E-state index in [0.29, 0.717) is 5.69 Å². The first-order valence-corrected chi connectivity index (χ1v) is 4.80. The van der Waals surface area contributed by atoms with Gasteiger partial charge in [-0.05, 0) is 12.1 Å². The number of anilines is 1. The molecule has 88 valence electrons. The van der Waals surface area contributed by atoms with Crippen molar-refractivity contribution in [2.75, 3.05) is 19.0 Å². The minimum Gasteiger partial charge on any atom is -0.469 e. The summed E-state index contributed by atoms with van der Waals surface area (Å²) in [6.45, 7) is 1.92. The summed E-state index contributed by atoms with van der Waals surface area (Å²) >= 11 is 0. The Hall–Kier alpha value is -1.65. The number of benzene rings is 1. The lowest BCUT2D eigenvalue weighted by atomic mass is 10.2. The largest absolute Gasteiger partial charge is 0.469 e. The van der Waals surface area contributed by atoms with Crippen LogP contribution in [0, 0.1) is 17.6 Å². The molecule has 1 unspecified atom stereocenters. The summed E-state index contributed by atoms with van der Waals surface area (Å²) < 4.78 is 30.1. The third-order valence-corrected chi connectivity index (χ3v) is 2.08. The first-order chi connectivity index (χ1) is 7.52. The van der Waals surface area contributed by atoms with Gasteiger partial charge in [-0.2, -0.15) is 0 Å². The fourth-order valence-corrected chi connectivity index (χ4v) is 1.21. The van der Waals surface area contributed by atoms with E-state index in [9.17, 15) is 13.6 Å². The highest BCUT2D eigenvalue weighted by Crippen LogP contribution is 2.13. The number of carbonyl (C=O) groups excluding carboxylic acids is 1. The van der Waals surface area contributed by atoms with Crippen LogP contribution in [0.4, 0.5) is 14.5 Å². The standard InChI is InChI=1S/C11H13F2NO2/c1-7(11(15)16-2)6-14-10-4-8(12)3-9(13)5-10/h3-5,7,14H,6H2,1-2H3. The minimum atomic E-state index is -0.659. The van der Waals surface area contributed by atoms with Crippen molar-refractivity contribution in [3.8, 4) is 0 Å². The van der Waals surface area contributed by atoms with Crippen LogP contribution in [0.15, 0.2) is 18.2 Å². The van der Waals surface area contributed by atoms with Crippen LogP contribution in [0.25, 0.3) is 0 Å². The fraction of sp³-hybridized carbons (Fsp3) is 0.364. The smallest absolute Gasteiger partial charge is 0.310 e. The molecule has 0 amide bonds. The number of methoxy groups -OCH3 is 1. The number of rotatable bonds is 4. The van der Waals surface area contributed by atoms with Crippen molar-refractivity contribution in [2.24, 2.45) is 5.92 Å². The van der Waals surface area contributed by atoms with E-state index in [2.05, 4.69) is 10.1 Å². The second-order valence-electron chi connectivity index (χ2n) is 3.46. The molecule has 3 nitrogen and oxygen atoms in total. The number of hydrogen-bond acceptors (Lipinski definition) is 3. The summed E-state index contributed by atoms with van der Waals surface area (Å²) in [5.41, 5.74) is 0.299. The predicted molar refractivity (Wildman–Crippen MR) is 56.0 cm³/mol. The molecule has 0 radical (unpaired) electrons. The number of esters is 1. The van der Waals surface area contributed by atoms with E-state index in [4.69, 9.17) is 0 Å². The maximum absolute atomic E-state index is 12.8. The second kappa shape index (κ2) is 5.44. The highest BCUT2D eigenvalue weighted by atomic mass is 19.1. The summed E-state index contributed by atoms with van der Waals surface area (Å²) in [7, 11) is 1.29. The van der Waals surface area contributed by atoms with Crippen LogP contribution in [0.5, 0.6) is 0 Å². The van der Waals surface area contributed by atoms with Gasteiger partial charge in [0.1, 0.15) is 11.6 Å². The van der Waals surface area contributed by atoms with Gasteiger partial charge in [0.05, 0.1) is 13.0 Å². The second-order valence-corrected chi connectivity index (χ2v) is 3.46. The van der Waals surface area contributed by atoms with Crippen LogP contribution < -0.4 is 5.32 Å². The molecule has 0 fully saturated rings. The Morgan fingerprint density at radius 2 is 1.94 bits per heavy atom. The zero-order valence-corrected chi connectivity index (χ0v) is 9.09. The monoisotopic (exact) mass is 229 g/mol. The lowest BCUT2D eigenvalue weighted by Gasteiger charge is -2.11. The van der Waals surface area contributed by atoms with E-state index in [-0.39, 0.29) is 18.4 Å². The number of carbonyl (C=O) groups is 1. The third-order valence-electron chi connectivity index (χ3n) is 2.08. The van der Waals surface area contributed by atoms with Crippen LogP contribution in [0.1, 0.15) is 6.92 Å². The van der Waals surface area contributed by atoms with Crippen molar-refractivity contribution < 1.29 is 18.3 Å². The maximum Gasteiger partial charge on any atom is 0.310 e. The van der Waals surface area contributed by atoms with Gasteiger partial charge in [0.25, 0.3) is 0 Å². The molecule has 16 heavy (non-hydrogen) atoms. The van der Waals surface area contributed by atoms with Gasteiger partial charge in [-0.25, -0.2) is 8.78 Å². The molecule has 0 spiro atoms. The van der Waals surface area contributed by atoms with Crippen LogP contribution in [0.2, 0.25) is 0 Å². The van der Waals surface area contributed by atoms with Gasteiger partial charge in [-0.3, -0.25) is 4.79 Å². The molecule has 1 N–H and O–H groups in total. The van der Waals surface area contributed by atoms with E-state index in [0.717, 1.165) is 18.2 Å². The summed E-state index contributed by atoms with van der Waals surface area (Å²) in [4.78, 5) is 11.1. The zero-order valence-electron chi connectivity index (χ0n) is 9.09. The molecule has 1 rings (SSSR count). The van der Waals surface area contributed by atoms with Crippen LogP contribution >= 0.6 is 0 Å². The normalized spacial score (nSPS) is 12.0. The number of hydrogen-bond donors (Lipinski definition) is 1. The first-order valence-electron chi connectivity index (χ1n) is 4.80. The average molecular weight is 229 g/mol. The fourth-order valence-electron chi connectivity index (χ4n) is 1.21. The first kappa shape index (κ1) is 12.4. The van der Waals surface area contributed by atoms with Gasteiger partial charge >= 0.3 is 5.97 Å². The predicted octanol–water partition coefficient (Wildman–Crippen LogP) is 2.19. The van der Waals surface area contributed by atoms with Crippen molar-refractivity contribution in [3.05, 3.63) is 29.8 Å². The molecule has 0 bridgehead atoms. The highest BCUT2D eigenvalue weighted by Gasteiger charge is 2.12. The van der Waals surface area contributed by atoms with E-state index in [1.807, 2.05) is 0 Å². The van der Waals surface area contributed by atoms with Crippen LogP contribution in [-0.2, 0) is 9.53 Å². The SMILES string of the molecule is COC(=O)C(C)CNc1cc(F)cc(F)c1. The number of ether oxygens (including phenoxy) is 1. The average Bonchev–Trinajstić information content (AvgIpc) is 2.23. The van der Waals surface area contributed by atoms with Gasteiger partial charge in [0.15, 0.2) is 0 Å². The molecule has 0 saturated carbocycles. The molecule has 0 aliphatic rings. The molecule has 0 aliphatic heterocycles. The van der Waals surface area contributed by atoms with E-state index in [1.165, 1.54) is 7.11 Å². The van der Waals surface area contributed by atoms with Gasteiger partial charge in [-0.15, -0.1) is 0 Å². The molecule has 1 atom stereocenters. The Bertz CT molecular complexity index is 362. The quantitative estimate of drug-likeness (QED) is 0.804. The topological polar surface area (TPSA) is 38.3 Å². The van der Waals surface area contributed by atoms with E-state index >= 15 is 0 Å². The van der Waals surface area contributed by atoms with Crippen molar-refractivity contribution in [3.63, 3.8) is 0 Å². The Morgan fingerprint density at radius 3 is 2.44 bits per heavy atom. The molecule has 1 aromatic rings. The van der Waals surface area contributed by atoms with Crippen molar-refractivity contribution in [2.45, 2.75) is 6.92 Å². The van der Waals surface area contributed by atoms with Gasteiger partial charge in [-0.1, -0.05) is 6.92 Å². The Kier molecular flexibility index (Phi) is 4.22. The van der Waals surface area contributed by atoms with Crippen molar-refractivity contribution >= 4 is 11.7 Å². The van der Waals surface area contributed by atoms with Crippen molar-refractivity contribution in [1.82, 2.24) is 0 Å². The summed E-state index contributed by atoms with van der Waals surface area (Å²) in [5.74, 6) is -2.07. The summed E-state index contributed by atoms with van der Waals surface area (Å²) in [6, 6.07) is 3.11. The zero-order chi connectivity index (χ0) is 12.1. The van der Waals surface area contributed by atoms with E-state index in [1.54, 1.807) is 6.92 Å². The summed E-state index contributed by atoms with van der Waals surface area (Å²) in [6.07, 6.45) is 0. The van der Waals surface area contributed by atoms with Gasteiger partial charge in [0.2, 0.25) is 0 Å². The van der Waals surface area contributed by atoms with Crippen LogP contribution in [-0.4, -0.2) is 19.6 Å². The summed E-state index contributed by atoms with van der Waals surface area (Å²) in [5, 5.41) is 2.76. The lowest BCUT2D eigenvalue weighted by Crippen LogP contribution is -2.21. The number of halogens is 2. The lowest BCUT2D eigenvalue weighted by molar-refractivity contribution is -0.144. The Labute approximate surface area is 92.4 Å². The molecular weight excluding hydrogens is 216 g/mol. The Morgan fingerprint density at radius 1 is 1.38 bits per heavy atom. The molecule has 5 heteroatoms. The third kappa shape index (κ3) is 3.49. The van der Waals surface area contributed by atoms with Crippen LogP contribution in [0.3, 0.4) is 0 Å². The molecule has 0 aromatic heterocycles. The molecule has 0 heterocycles. The van der Waals surface area contributed by atoms with Gasteiger partial charge in [0, 0.05) is 18.3 Å². The van der Waals surface area contributed by atoms with E-state index < -0.39 is 11.6 Å². The van der Waals surface area contributed by atoms with Gasteiger partial charge < -0.3 is 10.1 Å². The highest BCUT2D eigenvalue weighted by molar-refractivity contribution is 5.72. The maximum atomic E-state index is 12.8. The van der Waals surface area contributed by atoms with Crippen molar-refractivity contribution in [1.29, 1.82) is 0 Å². The Balaban J connectivity index is 2.57. The number of nitrogens with one attached hydrogen (secondary N) is 1. The molecule has 1 aromatic carbocycles. The minimum absolute atomic E-state index is 0.259. The molecular formula is C11H13F2NO2. The molecule has 0 aliphatic carbocycles.